The van der Waals surface area contributed by atoms with Crippen LogP contribution in [0.15, 0.2) is 0 Å². The van der Waals surface area contributed by atoms with Crippen LogP contribution in [0.3, 0.4) is 0 Å². The lowest BCUT2D eigenvalue weighted by Crippen LogP contribution is -2.48. The van der Waals surface area contributed by atoms with E-state index in [1.165, 1.54) is 0 Å². The zero-order valence-corrected chi connectivity index (χ0v) is 7.92. The molecular weight excluding hydrogens is 235 g/mol. The maximum atomic E-state index is 10.7. The molecule has 10 heteroatoms. The van der Waals surface area contributed by atoms with E-state index in [1.807, 2.05) is 0 Å². The van der Waals surface area contributed by atoms with Crippen molar-refractivity contribution in [3.8, 4) is 0 Å². The standard InChI is InChI=1S/C5H7O9P/c6-2(7)1-5(3(8)9,4(10)11)15(12,13)14/h1H2,(H,6,7)(H,8,9)(H,10,11)(H2,12,13,14). The third kappa shape index (κ3) is 2.32. The molecule has 86 valence electrons. The van der Waals surface area contributed by atoms with E-state index in [2.05, 4.69) is 0 Å². The molecule has 5 N–H and O–H groups in total. The van der Waals surface area contributed by atoms with E-state index < -0.39 is 37.1 Å². The van der Waals surface area contributed by atoms with Crippen molar-refractivity contribution < 1.29 is 44.1 Å². The number of carboxylic acids is 3. The third-order valence-electron chi connectivity index (χ3n) is 1.61. The molecule has 0 saturated carbocycles. The number of hydrogen-bond acceptors (Lipinski definition) is 4. The van der Waals surface area contributed by atoms with Crippen molar-refractivity contribution >= 4 is 25.5 Å². The van der Waals surface area contributed by atoms with Gasteiger partial charge in [-0.05, 0) is 0 Å². The van der Waals surface area contributed by atoms with Gasteiger partial charge in [-0.1, -0.05) is 0 Å². The molecule has 0 atom stereocenters. The Balaban J connectivity index is 5.71. The third-order valence-corrected chi connectivity index (χ3v) is 3.15. The van der Waals surface area contributed by atoms with Gasteiger partial charge in [-0.2, -0.15) is 0 Å². The van der Waals surface area contributed by atoms with Gasteiger partial charge in [0.15, 0.2) is 0 Å². The number of rotatable bonds is 5. The van der Waals surface area contributed by atoms with Crippen LogP contribution in [-0.4, -0.2) is 48.2 Å². The summed E-state index contributed by atoms with van der Waals surface area (Å²) in [6, 6.07) is 0. The Morgan fingerprint density at radius 3 is 1.40 bits per heavy atom. The maximum Gasteiger partial charge on any atom is 0.354 e. The molecule has 0 unspecified atom stereocenters. The average Bonchev–Trinajstić information content (AvgIpc) is 1.95. The Hall–Kier alpha value is -1.44. The molecule has 0 aromatic heterocycles. The highest BCUT2D eigenvalue weighted by Gasteiger charge is 2.62. The van der Waals surface area contributed by atoms with Gasteiger partial charge in [-0.15, -0.1) is 0 Å². The minimum absolute atomic E-state index is 1.71. The Kier molecular flexibility index (Phi) is 3.59. The fourth-order valence-electron chi connectivity index (χ4n) is 0.814. The monoisotopic (exact) mass is 242 g/mol. The van der Waals surface area contributed by atoms with Crippen LogP contribution in [0, 0.1) is 0 Å². The highest BCUT2D eigenvalue weighted by molar-refractivity contribution is 7.56. The molecule has 0 amide bonds. The molecule has 0 aromatic carbocycles. The van der Waals surface area contributed by atoms with E-state index in [-0.39, 0.29) is 0 Å². The summed E-state index contributed by atoms with van der Waals surface area (Å²) in [5.74, 6) is -6.74. The summed E-state index contributed by atoms with van der Waals surface area (Å²) in [5.41, 5.74) is 0. The molecule has 9 nitrogen and oxygen atoms in total. The maximum absolute atomic E-state index is 10.7. The molecule has 0 aromatic rings. The van der Waals surface area contributed by atoms with Crippen LogP contribution in [0.2, 0.25) is 0 Å². The minimum atomic E-state index is -5.65. The molecule has 0 saturated heterocycles. The second-order valence-electron chi connectivity index (χ2n) is 2.59. The van der Waals surface area contributed by atoms with E-state index in [9.17, 15) is 18.9 Å². The van der Waals surface area contributed by atoms with Crippen LogP contribution in [0.1, 0.15) is 6.42 Å². The number of carbonyl (C=O) groups is 3. The van der Waals surface area contributed by atoms with Gasteiger partial charge in [0.05, 0.1) is 6.42 Å². The summed E-state index contributed by atoms with van der Waals surface area (Å²) in [4.78, 5) is 48.4. The predicted molar refractivity (Wildman–Crippen MR) is 42.3 cm³/mol. The van der Waals surface area contributed by atoms with Crippen LogP contribution < -0.4 is 0 Å². The first-order valence-electron chi connectivity index (χ1n) is 3.30. The summed E-state index contributed by atoms with van der Waals surface area (Å²) in [5, 5.41) is 21.5. The first-order chi connectivity index (χ1) is 6.55. The highest BCUT2D eigenvalue weighted by Crippen LogP contribution is 2.53. The molecule has 0 fully saturated rings. The average molecular weight is 242 g/mol. The molecule has 0 spiro atoms. The smallest absolute Gasteiger partial charge is 0.354 e. The quantitative estimate of drug-likeness (QED) is 0.285. The second-order valence-corrected chi connectivity index (χ2v) is 4.44. The molecule has 0 aliphatic heterocycles. The van der Waals surface area contributed by atoms with E-state index in [1.54, 1.807) is 0 Å². The zero-order chi connectivity index (χ0) is 12.4. The Bertz CT molecular complexity index is 338. The second kappa shape index (κ2) is 3.97. The summed E-state index contributed by atoms with van der Waals surface area (Å²) in [6.45, 7) is 0. The van der Waals surface area contributed by atoms with Gasteiger partial charge in [0.1, 0.15) is 0 Å². The lowest BCUT2D eigenvalue weighted by atomic mass is 10.1. The van der Waals surface area contributed by atoms with Crippen molar-refractivity contribution in [3.05, 3.63) is 0 Å². The zero-order valence-electron chi connectivity index (χ0n) is 7.02. The van der Waals surface area contributed by atoms with Crippen LogP contribution in [0.4, 0.5) is 0 Å². The van der Waals surface area contributed by atoms with E-state index in [0.29, 0.717) is 0 Å². The molecule has 0 aliphatic rings. The van der Waals surface area contributed by atoms with Crippen LogP contribution in [-0.2, 0) is 18.9 Å². The molecule has 0 radical (unpaired) electrons. The van der Waals surface area contributed by atoms with Crippen LogP contribution >= 0.6 is 7.60 Å². The van der Waals surface area contributed by atoms with E-state index in [0.717, 1.165) is 0 Å². The number of hydrogen-bond donors (Lipinski definition) is 5. The van der Waals surface area contributed by atoms with Crippen molar-refractivity contribution in [3.63, 3.8) is 0 Å². The van der Waals surface area contributed by atoms with E-state index in [4.69, 9.17) is 25.1 Å². The Morgan fingerprint density at radius 1 is 1.00 bits per heavy atom. The van der Waals surface area contributed by atoms with Gasteiger partial charge in [0.25, 0.3) is 5.16 Å². The Morgan fingerprint density at radius 2 is 1.33 bits per heavy atom. The van der Waals surface area contributed by atoms with Gasteiger partial charge in [0, 0.05) is 0 Å². The van der Waals surface area contributed by atoms with Gasteiger partial charge in [-0.3, -0.25) is 18.9 Å². The summed E-state index contributed by atoms with van der Waals surface area (Å²) in [7, 11) is -5.65. The fraction of sp³-hybridized carbons (Fsp3) is 0.400. The van der Waals surface area contributed by atoms with E-state index >= 15 is 0 Å². The number of carboxylic acid groups (broad SMARTS) is 3. The largest absolute Gasteiger partial charge is 0.481 e. The van der Waals surface area contributed by atoms with Gasteiger partial charge in [0.2, 0.25) is 0 Å². The first-order valence-corrected chi connectivity index (χ1v) is 4.91. The van der Waals surface area contributed by atoms with Gasteiger partial charge in [-0.25, -0.2) is 0 Å². The molecule has 0 heterocycles. The summed E-state index contributed by atoms with van der Waals surface area (Å²) in [6.07, 6.45) is -1.71. The highest BCUT2D eigenvalue weighted by atomic mass is 31.2. The van der Waals surface area contributed by atoms with Crippen molar-refractivity contribution in [2.75, 3.05) is 0 Å². The summed E-state index contributed by atoms with van der Waals surface area (Å²) < 4.78 is 10.7. The van der Waals surface area contributed by atoms with Gasteiger partial charge < -0.3 is 25.1 Å². The molecule has 0 aliphatic carbocycles. The van der Waals surface area contributed by atoms with Crippen LogP contribution in [0.5, 0.6) is 0 Å². The molecule has 0 bridgehead atoms. The van der Waals surface area contributed by atoms with Crippen molar-refractivity contribution in [1.82, 2.24) is 0 Å². The lowest BCUT2D eigenvalue weighted by molar-refractivity contribution is -0.157. The Labute approximate surface area is 82.1 Å². The molecule has 15 heavy (non-hydrogen) atoms. The van der Waals surface area contributed by atoms with Crippen LogP contribution in [0.25, 0.3) is 0 Å². The first kappa shape index (κ1) is 13.6. The molecular formula is C5H7O9P. The molecule has 0 rings (SSSR count). The lowest BCUT2D eigenvalue weighted by Gasteiger charge is -2.23. The minimum Gasteiger partial charge on any atom is -0.481 e. The summed E-state index contributed by atoms with van der Waals surface area (Å²) >= 11 is 0. The topological polar surface area (TPSA) is 169 Å². The number of aliphatic carboxylic acids is 3. The normalized spacial score (nSPS) is 12.1. The fourth-order valence-corrected chi connectivity index (χ4v) is 1.65. The van der Waals surface area contributed by atoms with Crippen molar-refractivity contribution in [2.24, 2.45) is 0 Å². The van der Waals surface area contributed by atoms with Gasteiger partial charge >= 0.3 is 25.5 Å². The van der Waals surface area contributed by atoms with Crippen molar-refractivity contribution in [2.45, 2.75) is 11.6 Å². The van der Waals surface area contributed by atoms with Crippen molar-refractivity contribution in [1.29, 1.82) is 0 Å². The SMILES string of the molecule is O=C(O)CC(C(=O)O)(C(=O)O)P(=O)(O)O. The predicted octanol–water partition coefficient (Wildman–Crippen LogP) is -1.45.